The molecule has 0 aromatic heterocycles. The molecule has 2 unspecified atom stereocenters. The first-order valence-electron chi connectivity index (χ1n) is 15.5. The number of primary amides is 1. The fraction of sp³-hybridized carbons (Fsp3) is 0.688. The number of hydrogen-bond donors (Lipinski definition) is 4. The van der Waals surface area contributed by atoms with E-state index in [1.54, 1.807) is 45.9 Å². The number of aryl methyl sites for hydroxylation is 1. The third-order valence-corrected chi connectivity index (χ3v) is 6.91. The molecule has 0 heterocycles. The Labute approximate surface area is 252 Å². The van der Waals surface area contributed by atoms with Gasteiger partial charge in [0.15, 0.2) is 0 Å². The first-order valence-corrected chi connectivity index (χ1v) is 15.5. The lowest BCUT2D eigenvalue weighted by Crippen LogP contribution is -2.53. The van der Waals surface area contributed by atoms with E-state index in [0.29, 0.717) is 24.1 Å². The van der Waals surface area contributed by atoms with E-state index in [1.165, 1.54) is 4.90 Å². The number of nitrogens with zero attached hydrogens (tertiary/aromatic N) is 1. The van der Waals surface area contributed by atoms with Gasteiger partial charge in [-0.2, -0.15) is 0 Å². The molecule has 1 aromatic rings. The number of phenolic OH excluding ortho intramolecular Hbond substituents is 1. The van der Waals surface area contributed by atoms with Gasteiger partial charge in [-0.1, -0.05) is 77.0 Å². The van der Waals surface area contributed by atoms with E-state index < -0.39 is 41.5 Å². The minimum atomic E-state index is -1.17. The summed E-state index contributed by atoms with van der Waals surface area (Å²) in [6.45, 7) is 11.7. The number of carbonyl (C=O) groups is 4. The van der Waals surface area contributed by atoms with Crippen LogP contribution in [-0.4, -0.2) is 58.6 Å². The number of carbonyl (C=O) groups excluding carboxylic acids is 4. The van der Waals surface area contributed by atoms with Gasteiger partial charge in [0.2, 0.25) is 17.7 Å². The summed E-state index contributed by atoms with van der Waals surface area (Å²) in [5, 5.41) is 16.6. The molecular formula is C32H54N4O6. The number of aromatic hydroxyl groups is 1. The molecule has 1 rings (SSSR count). The predicted molar refractivity (Wildman–Crippen MR) is 165 cm³/mol. The number of amides is 4. The van der Waals surface area contributed by atoms with Gasteiger partial charge >= 0.3 is 6.09 Å². The zero-order valence-corrected chi connectivity index (χ0v) is 26.6. The lowest BCUT2D eigenvalue weighted by atomic mass is 9.98. The Hall–Kier alpha value is -3.30. The van der Waals surface area contributed by atoms with Crippen molar-refractivity contribution in [1.29, 1.82) is 0 Å². The first kappa shape index (κ1) is 36.7. The van der Waals surface area contributed by atoms with Crippen molar-refractivity contribution < 1.29 is 29.0 Å². The summed E-state index contributed by atoms with van der Waals surface area (Å²) in [5.41, 5.74) is 5.46. The fourth-order valence-electron chi connectivity index (χ4n) is 4.66. The van der Waals surface area contributed by atoms with Crippen molar-refractivity contribution in [3.05, 3.63) is 29.3 Å². The molecule has 0 spiro atoms. The summed E-state index contributed by atoms with van der Waals surface area (Å²) in [7, 11) is 0. The van der Waals surface area contributed by atoms with E-state index in [0.717, 1.165) is 51.4 Å². The van der Waals surface area contributed by atoms with E-state index in [9.17, 15) is 24.3 Å². The number of para-hydroxylation sites is 1. The molecule has 0 aliphatic heterocycles. The van der Waals surface area contributed by atoms with E-state index in [4.69, 9.17) is 10.5 Å². The topological polar surface area (TPSA) is 151 Å². The van der Waals surface area contributed by atoms with Gasteiger partial charge in [0.1, 0.15) is 23.4 Å². The van der Waals surface area contributed by atoms with Crippen molar-refractivity contribution >= 4 is 23.8 Å². The summed E-state index contributed by atoms with van der Waals surface area (Å²) in [4.78, 5) is 53.9. The zero-order chi connectivity index (χ0) is 31.7. The van der Waals surface area contributed by atoms with Crippen LogP contribution >= 0.6 is 0 Å². The number of nitrogens with one attached hydrogen (secondary N) is 2. The molecule has 0 radical (unpaired) electrons. The summed E-state index contributed by atoms with van der Waals surface area (Å²) in [5.74, 6) is -1.66. The second-order valence-corrected chi connectivity index (χ2v) is 11.9. The quantitative estimate of drug-likeness (QED) is 0.159. The van der Waals surface area contributed by atoms with Crippen molar-refractivity contribution in [3.8, 4) is 5.75 Å². The van der Waals surface area contributed by atoms with E-state index in [2.05, 4.69) is 24.5 Å². The van der Waals surface area contributed by atoms with Crippen LogP contribution in [0.15, 0.2) is 18.2 Å². The minimum absolute atomic E-state index is 0.0644. The molecule has 42 heavy (non-hydrogen) atoms. The van der Waals surface area contributed by atoms with Gasteiger partial charge in [0.25, 0.3) is 0 Å². The molecule has 0 bridgehead atoms. The molecule has 0 aliphatic rings. The van der Waals surface area contributed by atoms with Crippen molar-refractivity contribution in [1.82, 2.24) is 15.5 Å². The average Bonchev–Trinajstić information content (AvgIpc) is 2.90. The molecule has 0 saturated carbocycles. The maximum absolute atomic E-state index is 14.3. The van der Waals surface area contributed by atoms with E-state index in [-0.39, 0.29) is 25.1 Å². The Kier molecular flexibility index (Phi) is 16.6. The number of hydrogen-bond acceptors (Lipinski definition) is 6. The molecule has 5 N–H and O–H groups in total. The Morgan fingerprint density at radius 3 is 2.21 bits per heavy atom. The molecular weight excluding hydrogens is 536 g/mol. The molecule has 10 nitrogen and oxygen atoms in total. The number of phenols is 1. The van der Waals surface area contributed by atoms with Crippen LogP contribution in [0.2, 0.25) is 0 Å². The van der Waals surface area contributed by atoms with E-state index >= 15 is 0 Å². The van der Waals surface area contributed by atoms with Crippen LogP contribution in [0.4, 0.5) is 4.79 Å². The number of rotatable bonds is 19. The fourth-order valence-corrected chi connectivity index (χ4v) is 4.66. The van der Waals surface area contributed by atoms with Crippen LogP contribution in [0.5, 0.6) is 5.75 Å². The van der Waals surface area contributed by atoms with Crippen LogP contribution in [0, 0.1) is 6.92 Å². The predicted octanol–water partition coefficient (Wildman–Crippen LogP) is 5.40. The van der Waals surface area contributed by atoms with Gasteiger partial charge in [-0.25, -0.2) is 4.79 Å². The Balaban J connectivity index is 3.51. The normalized spacial score (nSPS) is 12.7. The number of nitrogens with two attached hydrogens (primary N) is 1. The zero-order valence-electron chi connectivity index (χ0n) is 26.6. The van der Waals surface area contributed by atoms with Gasteiger partial charge < -0.3 is 31.1 Å². The molecule has 238 valence electrons. The molecule has 10 heteroatoms. The summed E-state index contributed by atoms with van der Waals surface area (Å²) in [6.07, 6.45) is 7.43. The second kappa shape index (κ2) is 19.0. The van der Waals surface area contributed by atoms with Crippen LogP contribution < -0.4 is 16.4 Å². The highest BCUT2D eigenvalue weighted by atomic mass is 16.6. The van der Waals surface area contributed by atoms with Gasteiger partial charge in [0, 0.05) is 25.1 Å². The van der Waals surface area contributed by atoms with Gasteiger partial charge in [0.05, 0.1) is 0 Å². The summed E-state index contributed by atoms with van der Waals surface area (Å²) >= 11 is 0. The maximum Gasteiger partial charge on any atom is 0.408 e. The van der Waals surface area contributed by atoms with Crippen LogP contribution in [0.25, 0.3) is 0 Å². The third-order valence-electron chi connectivity index (χ3n) is 6.91. The highest BCUT2D eigenvalue weighted by Crippen LogP contribution is 2.33. The van der Waals surface area contributed by atoms with Crippen LogP contribution in [-0.2, 0) is 19.1 Å². The van der Waals surface area contributed by atoms with E-state index in [1.807, 2.05) is 0 Å². The monoisotopic (exact) mass is 590 g/mol. The number of unbranched alkanes of at least 4 members (excludes halogenated alkanes) is 7. The van der Waals surface area contributed by atoms with Crippen molar-refractivity contribution in [2.24, 2.45) is 5.73 Å². The molecule has 1 aromatic carbocycles. The maximum atomic E-state index is 14.3. The molecule has 2 atom stereocenters. The van der Waals surface area contributed by atoms with Crippen LogP contribution in [0.1, 0.15) is 122 Å². The Morgan fingerprint density at radius 2 is 1.60 bits per heavy atom. The first-order chi connectivity index (χ1) is 19.8. The number of alkyl carbamates (subject to hydrolysis) is 1. The number of benzene rings is 1. The minimum Gasteiger partial charge on any atom is -0.507 e. The van der Waals surface area contributed by atoms with Crippen molar-refractivity contribution in [2.45, 2.75) is 130 Å². The second-order valence-electron chi connectivity index (χ2n) is 11.9. The molecule has 0 aliphatic carbocycles. The molecule has 4 amide bonds. The van der Waals surface area contributed by atoms with Gasteiger partial charge in [-0.15, -0.1) is 0 Å². The third kappa shape index (κ3) is 13.6. The van der Waals surface area contributed by atoms with Crippen molar-refractivity contribution in [3.63, 3.8) is 0 Å². The molecule has 0 fully saturated rings. The van der Waals surface area contributed by atoms with Gasteiger partial charge in [-0.3, -0.25) is 14.4 Å². The Bertz CT molecular complexity index is 1010. The summed E-state index contributed by atoms with van der Waals surface area (Å²) < 4.78 is 5.39. The lowest BCUT2D eigenvalue weighted by Gasteiger charge is -2.35. The average molecular weight is 591 g/mol. The van der Waals surface area contributed by atoms with Crippen molar-refractivity contribution in [2.75, 3.05) is 13.1 Å². The molecule has 0 saturated heterocycles. The number of ether oxygens (including phenoxy) is 1. The van der Waals surface area contributed by atoms with Crippen LogP contribution in [0.3, 0.4) is 0 Å². The van der Waals surface area contributed by atoms with Gasteiger partial charge in [-0.05, 0) is 52.5 Å². The summed E-state index contributed by atoms with van der Waals surface area (Å²) in [6, 6.07) is 2.79. The standard InChI is InChI=1S/C32H54N4O6/c1-7-9-11-12-13-15-22-36(30(40)25(19-20-26(33)37)35-31(41)42-32(4,5)6)27(29(39)34-21-14-10-8-2)24-18-16-17-23(3)28(24)38/h16-18,25,27,38H,7-15,19-22H2,1-6H3,(H2,33,37)(H,34,39)(H,35,41). The smallest absolute Gasteiger partial charge is 0.408 e. The largest absolute Gasteiger partial charge is 0.507 e. The lowest BCUT2D eigenvalue weighted by molar-refractivity contribution is -0.143. The Morgan fingerprint density at radius 1 is 0.976 bits per heavy atom. The highest BCUT2D eigenvalue weighted by molar-refractivity contribution is 5.93. The SMILES string of the molecule is CCCCCCCCN(C(=O)C(CCC(N)=O)NC(=O)OC(C)(C)C)C(C(=O)NCCCCC)c1cccc(C)c1O. The highest BCUT2D eigenvalue weighted by Gasteiger charge is 2.37.